The van der Waals surface area contributed by atoms with Crippen molar-refractivity contribution in [1.82, 2.24) is 0 Å². The highest BCUT2D eigenvalue weighted by Crippen LogP contribution is 2.32. The number of hydrogen-bond donors (Lipinski definition) is 1. The maximum absolute atomic E-state index is 11.1. The first-order chi connectivity index (χ1) is 8.43. The SMILES string of the molecule is CCC(Sc1cccc(C#N)c1C#N)S(=O)(=O)O. The maximum atomic E-state index is 11.1. The van der Waals surface area contributed by atoms with E-state index in [2.05, 4.69) is 0 Å². The van der Waals surface area contributed by atoms with Crippen LogP contribution >= 0.6 is 11.8 Å². The van der Waals surface area contributed by atoms with Crippen molar-refractivity contribution in [2.75, 3.05) is 0 Å². The van der Waals surface area contributed by atoms with Gasteiger partial charge in [-0.25, -0.2) is 0 Å². The lowest BCUT2D eigenvalue weighted by molar-refractivity contribution is 0.478. The van der Waals surface area contributed by atoms with Gasteiger partial charge in [0.1, 0.15) is 16.7 Å². The third-order valence-electron chi connectivity index (χ3n) is 2.18. The van der Waals surface area contributed by atoms with Crippen LogP contribution in [0.3, 0.4) is 0 Å². The van der Waals surface area contributed by atoms with Crippen LogP contribution in [0.4, 0.5) is 0 Å². The Hall–Kier alpha value is -1.54. The number of thioether (sulfide) groups is 1. The summed E-state index contributed by atoms with van der Waals surface area (Å²) in [6.45, 7) is 1.62. The Bertz CT molecular complexity index is 627. The van der Waals surface area contributed by atoms with Crippen LogP contribution in [0.2, 0.25) is 0 Å². The van der Waals surface area contributed by atoms with Crippen molar-refractivity contribution in [2.24, 2.45) is 0 Å². The van der Waals surface area contributed by atoms with Crippen molar-refractivity contribution in [3.63, 3.8) is 0 Å². The molecule has 0 aliphatic carbocycles. The number of nitriles is 2. The summed E-state index contributed by atoms with van der Waals surface area (Å²) < 4.78 is 30.2. The summed E-state index contributed by atoms with van der Waals surface area (Å²) >= 11 is 0.865. The third-order valence-corrected chi connectivity index (χ3v) is 5.39. The summed E-state index contributed by atoms with van der Waals surface area (Å²) in [4.78, 5) is 0.376. The van der Waals surface area contributed by atoms with E-state index < -0.39 is 14.7 Å². The normalized spacial score (nSPS) is 12.4. The first-order valence-electron chi connectivity index (χ1n) is 5.00. The molecule has 94 valence electrons. The standard InChI is InChI=1S/C11H10N2O3S2/c1-2-11(18(14,15)16)17-10-5-3-4-8(6-12)9(10)7-13/h3-5,11H,2H2,1H3,(H,14,15,16). The zero-order valence-electron chi connectivity index (χ0n) is 9.49. The topological polar surface area (TPSA) is 102 Å². The van der Waals surface area contributed by atoms with Gasteiger partial charge in [0, 0.05) is 4.90 Å². The van der Waals surface area contributed by atoms with Gasteiger partial charge < -0.3 is 0 Å². The zero-order chi connectivity index (χ0) is 13.8. The molecule has 1 N–H and O–H groups in total. The number of nitrogens with zero attached hydrogens (tertiary/aromatic N) is 2. The smallest absolute Gasteiger partial charge is 0.277 e. The van der Waals surface area contributed by atoms with Crippen LogP contribution in [0.5, 0.6) is 0 Å². The summed E-state index contributed by atoms with van der Waals surface area (Å²) in [5.74, 6) is 0. The second-order valence-corrected chi connectivity index (χ2v) is 6.51. The van der Waals surface area contributed by atoms with E-state index >= 15 is 0 Å². The number of benzene rings is 1. The van der Waals surface area contributed by atoms with Gasteiger partial charge in [-0.2, -0.15) is 18.9 Å². The van der Waals surface area contributed by atoms with Crippen molar-refractivity contribution in [3.05, 3.63) is 29.3 Å². The molecule has 0 heterocycles. The van der Waals surface area contributed by atoms with Gasteiger partial charge in [-0.15, -0.1) is 11.8 Å². The second-order valence-electron chi connectivity index (χ2n) is 3.37. The highest BCUT2D eigenvalue weighted by atomic mass is 32.3. The quantitative estimate of drug-likeness (QED) is 0.670. The van der Waals surface area contributed by atoms with Gasteiger partial charge >= 0.3 is 0 Å². The van der Waals surface area contributed by atoms with E-state index in [1.807, 2.05) is 12.1 Å². The van der Waals surface area contributed by atoms with E-state index in [-0.39, 0.29) is 17.5 Å². The molecule has 18 heavy (non-hydrogen) atoms. The van der Waals surface area contributed by atoms with Gasteiger partial charge in [-0.3, -0.25) is 4.55 Å². The second kappa shape index (κ2) is 5.87. The van der Waals surface area contributed by atoms with Gasteiger partial charge in [0.05, 0.1) is 11.1 Å². The molecule has 7 heteroatoms. The number of hydrogen-bond acceptors (Lipinski definition) is 5. The average molecular weight is 282 g/mol. The van der Waals surface area contributed by atoms with Crippen molar-refractivity contribution in [2.45, 2.75) is 22.8 Å². The van der Waals surface area contributed by atoms with Crippen LogP contribution < -0.4 is 0 Å². The van der Waals surface area contributed by atoms with E-state index in [4.69, 9.17) is 15.1 Å². The minimum absolute atomic E-state index is 0.132. The molecular weight excluding hydrogens is 272 g/mol. The van der Waals surface area contributed by atoms with E-state index in [0.29, 0.717) is 4.90 Å². The van der Waals surface area contributed by atoms with Gasteiger partial charge in [0.2, 0.25) is 0 Å². The molecule has 0 saturated carbocycles. The van der Waals surface area contributed by atoms with Crippen LogP contribution in [0.1, 0.15) is 24.5 Å². The van der Waals surface area contributed by atoms with Crippen LogP contribution in [-0.2, 0) is 10.1 Å². The Morgan fingerprint density at radius 1 is 1.39 bits per heavy atom. The van der Waals surface area contributed by atoms with E-state index in [0.717, 1.165) is 11.8 Å². The fourth-order valence-corrected chi connectivity index (χ4v) is 3.43. The lowest BCUT2D eigenvalue weighted by atomic mass is 10.1. The molecule has 0 amide bonds. The highest BCUT2D eigenvalue weighted by molar-refractivity contribution is 8.11. The third kappa shape index (κ3) is 3.23. The molecule has 1 unspecified atom stereocenters. The molecule has 0 aliphatic rings. The summed E-state index contributed by atoms with van der Waals surface area (Å²) in [6.07, 6.45) is 0.200. The predicted molar refractivity (Wildman–Crippen MR) is 67.4 cm³/mol. The highest BCUT2D eigenvalue weighted by Gasteiger charge is 2.24. The van der Waals surface area contributed by atoms with Gasteiger partial charge in [0.15, 0.2) is 0 Å². The van der Waals surface area contributed by atoms with Crippen LogP contribution in [-0.4, -0.2) is 17.6 Å². The van der Waals surface area contributed by atoms with Crippen LogP contribution in [0, 0.1) is 22.7 Å². The summed E-state index contributed by atoms with van der Waals surface area (Å²) in [5.41, 5.74) is 0.319. The van der Waals surface area contributed by atoms with E-state index in [1.54, 1.807) is 19.1 Å². The summed E-state index contributed by atoms with van der Waals surface area (Å²) in [7, 11) is -4.19. The molecule has 1 rings (SSSR count). The first kappa shape index (κ1) is 14.5. The lowest BCUT2D eigenvalue weighted by Crippen LogP contribution is -2.15. The van der Waals surface area contributed by atoms with Crippen LogP contribution in [0.15, 0.2) is 23.1 Å². The Morgan fingerprint density at radius 3 is 2.50 bits per heavy atom. The van der Waals surface area contributed by atoms with Crippen molar-refractivity contribution in [1.29, 1.82) is 10.5 Å². The van der Waals surface area contributed by atoms with Gasteiger partial charge in [-0.1, -0.05) is 13.0 Å². The van der Waals surface area contributed by atoms with Crippen molar-refractivity contribution >= 4 is 21.9 Å². The van der Waals surface area contributed by atoms with Crippen molar-refractivity contribution in [3.8, 4) is 12.1 Å². The van der Waals surface area contributed by atoms with Crippen LogP contribution in [0.25, 0.3) is 0 Å². The molecule has 0 bridgehead atoms. The molecule has 0 aliphatic heterocycles. The number of rotatable bonds is 4. The minimum atomic E-state index is -4.19. The van der Waals surface area contributed by atoms with E-state index in [9.17, 15) is 8.42 Å². The van der Waals surface area contributed by atoms with E-state index in [1.165, 1.54) is 6.07 Å². The summed E-state index contributed by atoms with van der Waals surface area (Å²) in [6, 6.07) is 8.35. The molecule has 0 saturated heterocycles. The Kier molecular flexibility index (Phi) is 4.74. The predicted octanol–water partition coefficient (Wildman–Crippen LogP) is 2.15. The lowest BCUT2D eigenvalue weighted by Gasteiger charge is -2.12. The fraction of sp³-hybridized carbons (Fsp3) is 0.273. The monoisotopic (exact) mass is 282 g/mol. The minimum Gasteiger partial charge on any atom is -0.285 e. The molecule has 0 radical (unpaired) electrons. The zero-order valence-corrected chi connectivity index (χ0v) is 11.1. The Labute approximate surface area is 110 Å². The summed E-state index contributed by atoms with van der Waals surface area (Å²) in [5, 5.41) is 17.8. The molecule has 1 atom stereocenters. The Balaban J connectivity index is 3.21. The maximum Gasteiger partial charge on any atom is 0.277 e. The molecule has 5 nitrogen and oxygen atoms in total. The molecule has 1 aromatic carbocycles. The fourth-order valence-electron chi connectivity index (χ4n) is 1.33. The Morgan fingerprint density at radius 2 is 2.06 bits per heavy atom. The average Bonchev–Trinajstić information content (AvgIpc) is 2.33. The molecule has 1 aromatic rings. The molecular formula is C11H10N2O3S2. The van der Waals surface area contributed by atoms with Gasteiger partial charge in [-0.05, 0) is 18.6 Å². The first-order valence-corrected chi connectivity index (χ1v) is 7.38. The van der Waals surface area contributed by atoms with Crippen molar-refractivity contribution < 1.29 is 13.0 Å². The molecule has 0 spiro atoms. The van der Waals surface area contributed by atoms with Gasteiger partial charge in [0.25, 0.3) is 10.1 Å². The molecule has 0 fully saturated rings. The largest absolute Gasteiger partial charge is 0.285 e. The molecule has 0 aromatic heterocycles.